The van der Waals surface area contributed by atoms with Gasteiger partial charge in [0, 0.05) is 10.2 Å². The maximum atomic E-state index is 13.4. The molecule has 0 aromatic heterocycles. The van der Waals surface area contributed by atoms with Crippen molar-refractivity contribution in [3.05, 3.63) is 57.5 Å². The Hall–Kier alpha value is -1.66. The Bertz CT molecular complexity index is 662. The normalized spacial score (nSPS) is 10.3. The van der Waals surface area contributed by atoms with Gasteiger partial charge in [-0.3, -0.25) is 4.79 Å². The van der Waals surface area contributed by atoms with Gasteiger partial charge in [-0.15, -0.1) is 0 Å². The Morgan fingerprint density at radius 3 is 2.48 bits per heavy atom. The van der Waals surface area contributed by atoms with Crippen LogP contribution >= 0.6 is 27.5 Å². The number of hydrogen-bond acceptors (Lipinski definition) is 2. The summed E-state index contributed by atoms with van der Waals surface area (Å²) in [5.41, 5.74) is 0.158. The number of rotatable bonds is 4. The van der Waals surface area contributed by atoms with Gasteiger partial charge >= 0.3 is 0 Å². The van der Waals surface area contributed by atoms with Crippen LogP contribution in [0.15, 0.2) is 40.9 Å². The Labute approximate surface area is 133 Å². The second kappa shape index (κ2) is 6.87. The maximum Gasteiger partial charge on any atom is 0.243 e. The van der Waals surface area contributed by atoms with E-state index in [0.29, 0.717) is 10.7 Å². The summed E-state index contributed by atoms with van der Waals surface area (Å²) in [6.07, 6.45) is 0. The standard InChI is InChI=1S/C14H10BrClF2N2O/c15-9-5-4-8(6-10(9)16)19-7-13(21)20-14-11(17)2-1-3-12(14)18/h1-6,19H,7H2,(H,20,21). The van der Waals surface area contributed by atoms with E-state index >= 15 is 0 Å². The molecule has 2 rings (SSSR count). The van der Waals surface area contributed by atoms with Crippen LogP contribution in [-0.2, 0) is 4.79 Å². The number of amides is 1. The lowest BCUT2D eigenvalue weighted by molar-refractivity contribution is -0.114. The first-order valence-electron chi connectivity index (χ1n) is 5.90. The molecule has 0 radical (unpaired) electrons. The topological polar surface area (TPSA) is 41.1 Å². The number of carbonyl (C=O) groups excluding carboxylic acids is 1. The highest BCUT2D eigenvalue weighted by atomic mass is 79.9. The number of para-hydroxylation sites is 1. The van der Waals surface area contributed by atoms with Crippen LogP contribution in [0.1, 0.15) is 0 Å². The van der Waals surface area contributed by atoms with Crippen molar-refractivity contribution in [2.75, 3.05) is 17.2 Å². The van der Waals surface area contributed by atoms with Crippen molar-refractivity contribution < 1.29 is 13.6 Å². The Morgan fingerprint density at radius 1 is 1.19 bits per heavy atom. The highest BCUT2D eigenvalue weighted by molar-refractivity contribution is 9.10. The summed E-state index contributed by atoms with van der Waals surface area (Å²) in [6, 6.07) is 8.43. The van der Waals surface area contributed by atoms with Crippen molar-refractivity contribution in [3.63, 3.8) is 0 Å². The molecule has 0 aliphatic rings. The molecule has 1 amide bonds. The Kier molecular flexibility index (Phi) is 5.14. The molecule has 0 fully saturated rings. The predicted molar refractivity (Wildman–Crippen MR) is 82.6 cm³/mol. The number of halogens is 4. The van der Waals surface area contributed by atoms with Gasteiger partial charge in [0.1, 0.15) is 17.3 Å². The molecular weight excluding hydrogens is 366 g/mol. The first-order chi connectivity index (χ1) is 9.97. The van der Waals surface area contributed by atoms with Gasteiger partial charge in [0.15, 0.2) is 0 Å². The summed E-state index contributed by atoms with van der Waals surface area (Å²) < 4.78 is 27.5. The van der Waals surface area contributed by atoms with Gasteiger partial charge in [-0.25, -0.2) is 8.78 Å². The molecule has 0 saturated carbocycles. The molecule has 110 valence electrons. The van der Waals surface area contributed by atoms with Gasteiger partial charge in [-0.1, -0.05) is 17.7 Å². The monoisotopic (exact) mass is 374 g/mol. The van der Waals surface area contributed by atoms with Gasteiger partial charge in [0.05, 0.1) is 11.6 Å². The third kappa shape index (κ3) is 4.15. The van der Waals surface area contributed by atoms with Crippen molar-refractivity contribution in [2.24, 2.45) is 0 Å². The van der Waals surface area contributed by atoms with Crippen LogP contribution in [0.4, 0.5) is 20.2 Å². The van der Waals surface area contributed by atoms with Crippen molar-refractivity contribution in [1.82, 2.24) is 0 Å². The molecule has 0 bridgehead atoms. The lowest BCUT2D eigenvalue weighted by Gasteiger charge is -2.09. The van der Waals surface area contributed by atoms with Crippen LogP contribution in [-0.4, -0.2) is 12.5 Å². The molecule has 2 aromatic rings. The lowest BCUT2D eigenvalue weighted by Crippen LogP contribution is -2.23. The second-order valence-corrected chi connectivity index (χ2v) is 5.39. The number of nitrogens with one attached hydrogen (secondary N) is 2. The summed E-state index contributed by atoms with van der Waals surface area (Å²) >= 11 is 9.16. The molecule has 3 nitrogen and oxygen atoms in total. The van der Waals surface area contributed by atoms with E-state index in [9.17, 15) is 13.6 Å². The quantitative estimate of drug-likeness (QED) is 0.830. The van der Waals surface area contributed by atoms with Crippen LogP contribution < -0.4 is 10.6 Å². The fourth-order valence-corrected chi connectivity index (χ4v) is 2.02. The van der Waals surface area contributed by atoms with E-state index in [4.69, 9.17) is 11.6 Å². The average molecular weight is 376 g/mol. The first kappa shape index (κ1) is 15.7. The molecule has 0 heterocycles. The van der Waals surface area contributed by atoms with E-state index in [1.165, 1.54) is 6.07 Å². The summed E-state index contributed by atoms with van der Waals surface area (Å²) in [5, 5.41) is 5.48. The Balaban J connectivity index is 1.97. The zero-order valence-electron chi connectivity index (χ0n) is 10.6. The molecule has 0 saturated heterocycles. The van der Waals surface area contributed by atoms with E-state index < -0.39 is 23.2 Å². The minimum atomic E-state index is -0.824. The SMILES string of the molecule is O=C(CNc1ccc(Br)c(Cl)c1)Nc1c(F)cccc1F. The van der Waals surface area contributed by atoms with E-state index in [-0.39, 0.29) is 6.54 Å². The van der Waals surface area contributed by atoms with Crippen LogP contribution in [0.5, 0.6) is 0 Å². The molecule has 7 heteroatoms. The minimum Gasteiger partial charge on any atom is -0.376 e. The van der Waals surface area contributed by atoms with Crippen LogP contribution in [0, 0.1) is 11.6 Å². The molecule has 0 aliphatic carbocycles. The Morgan fingerprint density at radius 2 is 1.86 bits per heavy atom. The third-order valence-corrected chi connectivity index (χ3v) is 3.83. The summed E-state index contributed by atoms with van der Waals surface area (Å²) in [4.78, 5) is 11.7. The largest absolute Gasteiger partial charge is 0.376 e. The maximum absolute atomic E-state index is 13.4. The number of hydrogen-bond donors (Lipinski definition) is 2. The van der Waals surface area contributed by atoms with Crippen LogP contribution in [0.2, 0.25) is 5.02 Å². The molecule has 0 unspecified atom stereocenters. The second-order valence-electron chi connectivity index (χ2n) is 4.13. The zero-order chi connectivity index (χ0) is 15.4. The molecule has 0 atom stereocenters. The fourth-order valence-electron chi connectivity index (χ4n) is 1.59. The fraction of sp³-hybridized carbons (Fsp3) is 0.0714. The van der Waals surface area contributed by atoms with Crippen molar-refractivity contribution >= 4 is 44.8 Å². The number of benzene rings is 2. The summed E-state index contributed by atoms with van der Waals surface area (Å²) in [7, 11) is 0. The molecule has 2 aromatic carbocycles. The third-order valence-electron chi connectivity index (χ3n) is 2.60. The first-order valence-corrected chi connectivity index (χ1v) is 7.07. The smallest absolute Gasteiger partial charge is 0.243 e. The van der Waals surface area contributed by atoms with E-state index in [1.54, 1.807) is 18.2 Å². The predicted octanol–water partition coefficient (Wildman–Crippen LogP) is 4.43. The minimum absolute atomic E-state index is 0.147. The van der Waals surface area contributed by atoms with Crippen LogP contribution in [0.3, 0.4) is 0 Å². The molecule has 0 aliphatic heterocycles. The van der Waals surface area contributed by atoms with E-state index in [0.717, 1.165) is 16.6 Å². The molecular formula is C14H10BrClF2N2O. The molecule has 21 heavy (non-hydrogen) atoms. The molecule has 0 spiro atoms. The highest BCUT2D eigenvalue weighted by Gasteiger charge is 2.11. The summed E-state index contributed by atoms with van der Waals surface area (Å²) in [5.74, 6) is -2.22. The van der Waals surface area contributed by atoms with Gasteiger partial charge in [-0.05, 0) is 46.3 Å². The van der Waals surface area contributed by atoms with Crippen molar-refractivity contribution in [2.45, 2.75) is 0 Å². The van der Waals surface area contributed by atoms with Gasteiger partial charge in [0.25, 0.3) is 0 Å². The average Bonchev–Trinajstić information content (AvgIpc) is 2.44. The summed E-state index contributed by atoms with van der Waals surface area (Å²) in [6.45, 7) is -0.147. The van der Waals surface area contributed by atoms with Crippen LogP contribution in [0.25, 0.3) is 0 Å². The van der Waals surface area contributed by atoms with Gasteiger partial charge < -0.3 is 10.6 Å². The van der Waals surface area contributed by atoms with E-state index in [2.05, 4.69) is 26.6 Å². The number of anilines is 2. The molecule has 2 N–H and O–H groups in total. The highest BCUT2D eigenvalue weighted by Crippen LogP contribution is 2.25. The van der Waals surface area contributed by atoms with Gasteiger partial charge in [-0.2, -0.15) is 0 Å². The van der Waals surface area contributed by atoms with Crippen molar-refractivity contribution in [3.8, 4) is 0 Å². The van der Waals surface area contributed by atoms with Crippen molar-refractivity contribution in [1.29, 1.82) is 0 Å². The van der Waals surface area contributed by atoms with Gasteiger partial charge in [0.2, 0.25) is 5.91 Å². The zero-order valence-corrected chi connectivity index (χ0v) is 12.9. The lowest BCUT2D eigenvalue weighted by atomic mass is 10.3. The number of carbonyl (C=O) groups is 1. The van der Waals surface area contributed by atoms with E-state index in [1.807, 2.05) is 0 Å².